The Hall–Kier alpha value is -2.29. The largest absolute Gasteiger partial charge is 0.392 e. The van der Waals surface area contributed by atoms with E-state index < -0.39 is 6.04 Å². The fourth-order valence-corrected chi connectivity index (χ4v) is 4.06. The molecule has 1 aromatic carbocycles. The standard InChI is InChI=1S/C19H24N4O4/c24-14-6-13(21-9-14)8-20-7-11-1-2-12-10-23(19(27)15(12)5-11)16-3-4-17(25)22-18(16)26/h1-2,5,13-14,16,20-21,24H,3-4,6-10H2,(H,22,25,26)/t13-,14-,16?/m0/s1. The van der Waals surface area contributed by atoms with Crippen LogP contribution >= 0.6 is 0 Å². The highest BCUT2D eigenvalue weighted by molar-refractivity contribution is 6.05. The van der Waals surface area contributed by atoms with E-state index in [4.69, 9.17) is 0 Å². The predicted molar refractivity (Wildman–Crippen MR) is 96.6 cm³/mol. The number of rotatable bonds is 5. The van der Waals surface area contributed by atoms with Crippen molar-refractivity contribution in [3.05, 3.63) is 34.9 Å². The van der Waals surface area contributed by atoms with Crippen LogP contribution in [0.1, 0.15) is 40.7 Å². The van der Waals surface area contributed by atoms with Crippen molar-refractivity contribution in [2.75, 3.05) is 13.1 Å². The molecule has 0 bridgehead atoms. The Labute approximate surface area is 157 Å². The second-order valence-corrected chi connectivity index (χ2v) is 7.52. The normalized spacial score (nSPS) is 27.8. The lowest BCUT2D eigenvalue weighted by Crippen LogP contribution is -2.52. The van der Waals surface area contributed by atoms with E-state index in [1.54, 1.807) is 4.90 Å². The zero-order valence-corrected chi connectivity index (χ0v) is 15.0. The molecule has 3 aliphatic rings. The van der Waals surface area contributed by atoms with Gasteiger partial charge in [0, 0.05) is 44.2 Å². The molecule has 0 aromatic heterocycles. The average Bonchev–Trinajstić information content (AvgIpc) is 3.19. The van der Waals surface area contributed by atoms with E-state index >= 15 is 0 Å². The molecule has 0 saturated carbocycles. The van der Waals surface area contributed by atoms with Crippen LogP contribution in [0.3, 0.4) is 0 Å². The summed E-state index contributed by atoms with van der Waals surface area (Å²) in [6.07, 6.45) is 1.11. The van der Waals surface area contributed by atoms with Crippen LogP contribution in [0.5, 0.6) is 0 Å². The van der Waals surface area contributed by atoms with Crippen LogP contribution in [0, 0.1) is 0 Å². The molecule has 3 heterocycles. The number of carbonyl (C=O) groups is 3. The number of piperidine rings is 1. The van der Waals surface area contributed by atoms with Gasteiger partial charge in [-0.1, -0.05) is 12.1 Å². The molecule has 0 spiro atoms. The Bertz CT molecular complexity index is 781. The Balaban J connectivity index is 1.38. The number of benzene rings is 1. The quantitative estimate of drug-likeness (QED) is 0.507. The van der Waals surface area contributed by atoms with Crippen molar-refractivity contribution in [3.8, 4) is 0 Å². The van der Waals surface area contributed by atoms with Crippen molar-refractivity contribution >= 4 is 17.7 Å². The van der Waals surface area contributed by atoms with Gasteiger partial charge < -0.3 is 20.6 Å². The van der Waals surface area contributed by atoms with Crippen molar-refractivity contribution in [2.24, 2.45) is 0 Å². The fraction of sp³-hybridized carbons (Fsp3) is 0.526. The van der Waals surface area contributed by atoms with E-state index in [9.17, 15) is 19.5 Å². The lowest BCUT2D eigenvalue weighted by Gasteiger charge is -2.29. The monoisotopic (exact) mass is 372 g/mol. The summed E-state index contributed by atoms with van der Waals surface area (Å²) in [5.74, 6) is -0.819. The molecule has 1 unspecified atom stereocenters. The first kappa shape index (κ1) is 18.1. The van der Waals surface area contributed by atoms with E-state index in [0.717, 1.165) is 24.1 Å². The summed E-state index contributed by atoms with van der Waals surface area (Å²) in [5.41, 5.74) is 2.55. The molecular weight excluding hydrogens is 348 g/mol. The number of aliphatic hydroxyl groups excluding tert-OH is 1. The minimum Gasteiger partial charge on any atom is -0.392 e. The fourth-order valence-electron chi connectivity index (χ4n) is 4.06. The van der Waals surface area contributed by atoms with Crippen molar-refractivity contribution in [1.82, 2.24) is 20.9 Å². The van der Waals surface area contributed by atoms with Crippen LogP contribution in [0.4, 0.5) is 0 Å². The number of β-amino-alcohol motifs (C(OH)–C–C–N with tert-alkyl or cyclic N) is 1. The second-order valence-electron chi connectivity index (χ2n) is 7.52. The maximum absolute atomic E-state index is 12.8. The summed E-state index contributed by atoms with van der Waals surface area (Å²) in [6, 6.07) is 5.49. The molecule has 4 rings (SSSR count). The molecule has 8 nitrogen and oxygen atoms in total. The highest BCUT2D eigenvalue weighted by atomic mass is 16.3. The van der Waals surface area contributed by atoms with Crippen molar-refractivity contribution in [1.29, 1.82) is 0 Å². The number of nitrogens with zero attached hydrogens (tertiary/aromatic N) is 1. The third kappa shape index (κ3) is 3.73. The topological polar surface area (TPSA) is 111 Å². The molecule has 1 aromatic rings. The maximum atomic E-state index is 12.8. The number of hydrogen-bond acceptors (Lipinski definition) is 6. The second kappa shape index (κ2) is 7.38. The van der Waals surface area contributed by atoms with E-state index in [1.807, 2.05) is 18.2 Å². The van der Waals surface area contributed by atoms with E-state index in [2.05, 4.69) is 16.0 Å². The van der Waals surface area contributed by atoms with Gasteiger partial charge in [-0.2, -0.15) is 0 Å². The van der Waals surface area contributed by atoms with Gasteiger partial charge in [0.15, 0.2) is 0 Å². The smallest absolute Gasteiger partial charge is 0.255 e. The minimum atomic E-state index is -0.580. The summed E-state index contributed by atoms with van der Waals surface area (Å²) in [6.45, 7) is 2.42. The molecule has 3 aliphatic heterocycles. The maximum Gasteiger partial charge on any atom is 0.255 e. The third-order valence-electron chi connectivity index (χ3n) is 5.51. The number of hydrogen-bond donors (Lipinski definition) is 4. The van der Waals surface area contributed by atoms with Gasteiger partial charge >= 0.3 is 0 Å². The predicted octanol–water partition coefficient (Wildman–Crippen LogP) is -0.740. The zero-order chi connectivity index (χ0) is 19.0. The van der Waals surface area contributed by atoms with Crippen molar-refractivity contribution in [3.63, 3.8) is 0 Å². The van der Waals surface area contributed by atoms with Crippen molar-refractivity contribution in [2.45, 2.75) is 50.5 Å². The SMILES string of the molecule is O=C1CCC(N2Cc3ccc(CNC[C@@H]4C[C@H](O)CN4)cc3C2=O)C(=O)N1. The molecular formula is C19H24N4O4. The molecule has 144 valence electrons. The van der Waals surface area contributed by atoms with Crippen LogP contribution in [0.2, 0.25) is 0 Å². The van der Waals surface area contributed by atoms with Gasteiger partial charge in [-0.15, -0.1) is 0 Å². The average molecular weight is 372 g/mol. The number of carbonyl (C=O) groups excluding carboxylic acids is 3. The van der Waals surface area contributed by atoms with Gasteiger partial charge in [0.05, 0.1) is 6.10 Å². The summed E-state index contributed by atoms with van der Waals surface area (Å²) in [5, 5.41) is 18.5. The highest BCUT2D eigenvalue weighted by Crippen LogP contribution is 2.28. The third-order valence-corrected chi connectivity index (χ3v) is 5.51. The summed E-state index contributed by atoms with van der Waals surface area (Å²) < 4.78 is 0. The number of amides is 3. The van der Waals surface area contributed by atoms with Gasteiger partial charge in [-0.25, -0.2) is 0 Å². The van der Waals surface area contributed by atoms with Crippen LogP contribution in [-0.2, 0) is 22.7 Å². The van der Waals surface area contributed by atoms with Gasteiger partial charge in [0.2, 0.25) is 11.8 Å². The van der Waals surface area contributed by atoms with Crippen LogP contribution in [-0.4, -0.2) is 59.0 Å². The van der Waals surface area contributed by atoms with Crippen molar-refractivity contribution < 1.29 is 19.5 Å². The molecule has 3 amide bonds. The van der Waals surface area contributed by atoms with Gasteiger partial charge in [0.1, 0.15) is 6.04 Å². The molecule has 0 radical (unpaired) electrons. The molecule has 8 heteroatoms. The Morgan fingerprint density at radius 3 is 2.85 bits per heavy atom. The Morgan fingerprint density at radius 1 is 1.26 bits per heavy atom. The van der Waals surface area contributed by atoms with E-state index in [0.29, 0.717) is 31.6 Å². The molecule has 3 atom stereocenters. The summed E-state index contributed by atoms with van der Waals surface area (Å²) >= 11 is 0. The van der Waals surface area contributed by atoms with Crippen LogP contribution in [0.25, 0.3) is 0 Å². The van der Waals surface area contributed by atoms with E-state index in [-0.39, 0.29) is 36.3 Å². The summed E-state index contributed by atoms with van der Waals surface area (Å²) in [7, 11) is 0. The van der Waals surface area contributed by atoms with Gasteiger partial charge in [-0.3, -0.25) is 19.7 Å². The first-order valence-corrected chi connectivity index (χ1v) is 9.40. The zero-order valence-electron chi connectivity index (χ0n) is 15.0. The first-order chi connectivity index (χ1) is 13.0. The lowest BCUT2D eigenvalue weighted by atomic mass is 10.0. The number of imide groups is 1. The molecule has 2 fully saturated rings. The highest BCUT2D eigenvalue weighted by Gasteiger charge is 2.39. The number of aliphatic hydroxyl groups is 1. The van der Waals surface area contributed by atoms with Gasteiger partial charge in [0.25, 0.3) is 5.91 Å². The van der Waals surface area contributed by atoms with Crippen LogP contribution in [0.15, 0.2) is 18.2 Å². The minimum absolute atomic E-state index is 0.151. The molecule has 4 N–H and O–H groups in total. The first-order valence-electron chi connectivity index (χ1n) is 9.40. The molecule has 0 aliphatic carbocycles. The van der Waals surface area contributed by atoms with E-state index in [1.165, 1.54) is 0 Å². The number of fused-ring (bicyclic) bond motifs is 1. The molecule has 2 saturated heterocycles. The van der Waals surface area contributed by atoms with Gasteiger partial charge in [-0.05, 0) is 30.0 Å². The number of nitrogens with one attached hydrogen (secondary N) is 3. The Morgan fingerprint density at radius 2 is 2.11 bits per heavy atom. The van der Waals surface area contributed by atoms with Crippen LogP contribution < -0.4 is 16.0 Å². The molecule has 27 heavy (non-hydrogen) atoms. The Kier molecular flexibility index (Phi) is 4.94. The summed E-state index contributed by atoms with van der Waals surface area (Å²) in [4.78, 5) is 37.8. The lowest BCUT2D eigenvalue weighted by molar-refractivity contribution is -0.136.